The molecule has 6 nitrogen and oxygen atoms in total. The Labute approximate surface area is 209 Å². The van der Waals surface area contributed by atoms with Crippen LogP contribution in [0, 0.1) is 5.92 Å². The lowest BCUT2D eigenvalue weighted by Crippen LogP contribution is -2.44. The van der Waals surface area contributed by atoms with Gasteiger partial charge in [-0.05, 0) is 30.0 Å². The third kappa shape index (κ3) is 4.43. The number of amidine groups is 2. The fraction of sp³-hybridized carbons (Fsp3) is 0.423. The maximum atomic E-state index is 13.2. The lowest BCUT2D eigenvalue weighted by molar-refractivity contribution is -0.120. The van der Waals surface area contributed by atoms with E-state index >= 15 is 0 Å². The van der Waals surface area contributed by atoms with E-state index in [2.05, 4.69) is 4.99 Å². The molecule has 178 valence electrons. The maximum Gasteiger partial charge on any atom is 0.270 e. The molecular formula is C26H28ClN3O3S. The Kier molecular flexibility index (Phi) is 6.84. The summed E-state index contributed by atoms with van der Waals surface area (Å²) < 4.78 is 11.0. The number of thioether (sulfide) groups is 1. The lowest BCUT2D eigenvalue weighted by atomic mass is 9.84. The molecule has 0 bridgehead atoms. The minimum Gasteiger partial charge on any atom is -0.493 e. The van der Waals surface area contributed by atoms with Crippen LogP contribution >= 0.6 is 23.4 Å². The first kappa shape index (κ1) is 23.2. The minimum atomic E-state index is -0.322. The fourth-order valence-corrected chi connectivity index (χ4v) is 6.34. The second kappa shape index (κ2) is 10.0. The Bertz CT molecular complexity index is 1160. The molecule has 0 aromatic heterocycles. The van der Waals surface area contributed by atoms with Crippen LogP contribution < -0.4 is 9.47 Å². The van der Waals surface area contributed by atoms with Gasteiger partial charge in [-0.3, -0.25) is 9.69 Å². The van der Waals surface area contributed by atoms with Gasteiger partial charge in [0.25, 0.3) is 5.91 Å². The zero-order valence-electron chi connectivity index (χ0n) is 19.4. The molecule has 8 heteroatoms. The van der Waals surface area contributed by atoms with Gasteiger partial charge in [-0.25, -0.2) is 4.99 Å². The Morgan fingerprint density at radius 1 is 1.06 bits per heavy atom. The number of carbonyl (C=O) groups is 1. The van der Waals surface area contributed by atoms with Crippen LogP contribution in [0.2, 0.25) is 5.02 Å². The third-order valence-corrected chi connectivity index (χ3v) is 8.17. The van der Waals surface area contributed by atoms with Gasteiger partial charge in [-0.2, -0.15) is 4.99 Å². The van der Waals surface area contributed by atoms with E-state index in [1.807, 2.05) is 41.3 Å². The van der Waals surface area contributed by atoms with Crippen molar-refractivity contribution in [3.63, 3.8) is 0 Å². The quantitative estimate of drug-likeness (QED) is 0.474. The van der Waals surface area contributed by atoms with Crippen molar-refractivity contribution in [1.82, 2.24) is 4.90 Å². The van der Waals surface area contributed by atoms with Crippen molar-refractivity contribution in [2.45, 2.75) is 50.3 Å². The third-order valence-electron chi connectivity index (χ3n) is 6.80. The van der Waals surface area contributed by atoms with E-state index in [1.165, 1.54) is 32.1 Å². The zero-order chi connectivity index (χ0) is 23.7. The number of benzene rings is 2. The first-order chi connectivity index (χ1) is 16.6. The van der Waals surface area contributed by atoms with Crippen LogP contribution in [0.25, 0.3) is 0 Å². The summed E-state index contributed by atoms with van der Waals surface area (Å²) in [7, 11) is 3.21. The van der Waals surface area contributed by atoms with Crippen LogP contribution in [-0.2, 0) is 10.5 Å². The number of aliphatic imine (C=N–C) groups is 2. The van der Waals surface area contributed by atoms with Crippen LogP contribution in [0.5, 0.6) is 11.5 Å². The van der Waals surface area contributed by atoms with Gasteiger partial charge in [-0.15, -0.1) is 0 Å². The van der Waals surface area contributed by atoms with Crippen molar-refractivity contribution in [2.75, 3.05) is 14.2 Å². The van der Waals surface area contributed by atoms with Gasteiger partial charge in [0, 0.05) is 22.4 Å². The molecule has 1 fully saturated rings. The van der Waals surface area contributed by atoms with Gasteiger partial charge >= 0.3 is 0 Å². The van der Waals surface area contributed by atoms with E-state index in [4.69, 9.17) is 26.1 Å². The van der Waals surface area contributed by atoms with Crippen LogP contribution in [0.1, 0.15) is 49.7 Å². The van der Waals surface area contributed by atoms with Crippen molar-refractivity contribution in [2.24, 2.45) is 15.9 Å². The second-order valence-electron chi connectivity index (χ2n) is 8.90. The molecule has 0 N–H and O–H groups in total. The summed E-state index contributed by atoms with van der Waals surface area (Å²) in [4.78, 5) is 24.8. The molecule has 1 unspecified atom stereocenters. The van der Waals surface area contributed by atoms with Crippen molar-refractivity contribution >= 4 is 46.0 Å². The summed E-state index contributed by atoms with van der Waals surface area (Å²) in [5.74, 6) is 2.94. The highest BCUT2D eigenvalue weighted by Gasteiger charge is 2.43. The fourth-order valence-electron chi connectivity index (χ4n) is 5.01. The summed E-state index contributed by atoms with van der Waals surface area (Å²) in [6.45, 7) is 0. The molecule has 2 aromatic carbocycles. The van der Waals surface area contributed by atoms with Crippen LogP contribution in [0.3, 0.4) is 0 Å². The number of rotatable bonds is 6. The average molecular weight is 498 g/mol. The molecule has 0 spiro atoms. The predicted molar refractivity (Wildman–Crippen MR) is 138 cm³/mol. The van der Waals surface area contributed by atoms with E-state index < -0.39 is 0 Å². The number of hydrogen-bond donors (Lipinski definition) is 0. The SMILES string of the molecule is COc1cc2c(cc1OC)C1=NC(=O)C(CC3CCCCC3)N1C(SCc1ccccc1Cl)=N2. The Balaban J connectivity index is 1.52. The van der Waals surface area contributed by atoms with E-state index in [1.54, 1.807) is 26.0 Å². The van der Waals surface area contributed by atoms with E-state index in [-0.39, 0.29) is 11.9 Å². The highest BCUT2D eigenvalue weighted by atomic mass is 35.5. The van der Waals surface area contributed by atoms with Crippen molar-refractivity contribution < 1.29 is 14.3 Å². The molecule has 1 atom stereocenters. The molecule has 2 aromatic rings. The molecule has 0 saturated heterocycles. The summed E-state index contributed by atoms with van der Waals surface area (Å²) in [6, 6.07) is 11.2. The van der Waals surface area contributed by atoms with Gasteiger partial charge in [-0.1, -0.05) is 73.7 Å². The first-order valence-electron chi connectivity index (χ1n) is 11.7. The minimum absolute atomic E-state index is 0.0887. The number of hydrogen-bond acceptors (Lipinski definition) is 6. The van der Waals surface area contributed by atoms with E-state index in [0.29, 0.717) is 29.0 Å². The van der Waals surface area contributed by atoms with Crippen molar-refractivity contribution in [3.8, 4) is 11.5 Å². The Morgan fingerprint density at radius 3 is 2.53 bits per heavy atom. The molecule has 1 saturated carbocycles. The molecular weight excluding hydrogens is 470 g/mol. The summed E-state index contributed by atoms with van der Waals surface area (Å²) in [6.07, 6.45) is 6.92. The molecule has 5 rings (SSSR count). The normalized spacial score (nSPS) is 19.9. The van der Waals surface area contributed by atoms with Crippen LogP contribution in [0.15, 0.2) is 46.4 Å². The zero-order valence-corrected chi connectivity index (χ0v) is 21.0. The number of amides is 1. The smallest absolute Gasteiger partial charge is 0.270 e. The molecule has 1 amide bonds. The molecule has 34 heavy (non-hydrogen) atoms. The second-order valence-corrected chi connectivity index (χ2v) is 10.2. The molecule has 0 radical (unpaired) electrons. The van der Waals surface area contributed by atoms with Crippen LogP contribution in [-0.4, -0.2) is 42.1 Å². The number of carbonyl (C=O) groups excluding carboxylic acids is 1. The average Bonchev–Trinajstić information content (AvgIpc) is 3.19. The van der Waals surface area contributed by atoms with Gasteiger partial charge < -0.3 is 9.47 Å². The number of halogens is 1. The van der Waals surface area contributed by atoms with Gasteiger partial charge in [0.1, 0.15) is 11.9 Å². The standard InChI is InChI=1S/C26H28ClN3O3S/c1-32-22-13-18-20(14-23(22)33-2)28-26(34-15-17-10-6-7-11-19(17)27)30-21(25(31)29-24(18)30)12-16-8-4-3-5-9-16/h6-7,10-11,13-14,16,21H,3-5,8-9,12,15H2,1-2H3. The number of ether oxygens (including phenoxy) is 2. The van der Waals surface area contributed by atoms with Gasteiger partial charge in [0.15, 0.2) is 16.7 Å². The molecule has 3 aliphatic rings. The number of nitrogens with zero attached hydrogens (tertiary/aromatic N) is 3. The Morgan fingerprint density at radius 2 is 1.79 bits per heavy atom. The van der Waals surface area contributed by atoms with Crippen molar-refractivity contribution in [3.05, 3.63) is 52.5 Å². The molecule has 2 heterocycles. The summed E-state index contributed by atoms with van der Waals surface area (Å²) >= 11 is 8.00. The number of methoxy groups -OCH3 is 2. The highest BCUT2D eigenvalue weighted by Crippen LogP contribution is 2.42. The van der Waals surface area contributed by atoms with Crippen LogP contribution in [0.4, 0.5) is 5.69 Å². The van der Waals surface area contributed by atoms with E-state index in [9.17, 15) is 4.79 Å². The largest absolute Gasteiger partial charge is 0.493 e. The summed E-state index contributed by atoms with van der Waals surface area (Å²) in [5, 5.41) is 1.49. The van der Waals surface area contributed by atoms with Crippen molar-refractivity contribution in [1.29, 1.82) is 0 Å². The van der Waals surface area contributed by atoms with Gasteiger partial charge in [0.2, 0.25) is 0 Å². The topological polar surface area (TPSA) is 63.5 Å². The highest BCUT2D eigenvalue weighted by molar-refractivity contribution is 8.13. The Hall–Kier alpha value is -2.51. The summed E-state index contributed by atoms with van der Waals surface area (Å²) in [5.41, 5.74) is 2.54. The molecule has 2 aliphatic heterocycles. The lowest BCUT2D eigenvalue weighted by Gasteiger charge is -2.33. The van der Waals surface area contributed by atoms with Gasteiger partial charge in [0.05, 0.1) is 19.9 Å². The van der Waals surface area contributed by atoms with E-state index in [0.717, 1.165) is 33.4 Å². The molecule has 1 aliphatic carbocycles. The number of fused-ring (bicyclic) bond motifs is 3. The monoisotopic (exact) mass is 497 g/mol. The first-order valence-corrected chi connectivity index (χ1v) is 13.1. The predicted octanol–water partition coefficient (Wildman–Crippen LogP) is 6.22. The maximum absolute atomic E-state index is 13.2.